The molecule has 1 aromatic rings. The SMILES string of the molecule is C.C#CC1NC(=O)NC1=O.CC.CC.COc1ccc2c(c1)C(=O)N(C)C2. The molecule has 0 bridgehead atoms. The highest BCUT2D eigenvalue weighted by Gasteiger charge is 2.27. The van der Waals surface area contributed by atoms with E-state index in [4.69, 9.17) is 11.2 Å². The highest BCUT2D eigenvalue weighted by Crippen LogP contribution is 2.25. The van der Waals surface area contributed by atoms with Gasteiger partial charge in [0.15, 0.2) is 6.04 Å². The van der Waals surface area contributed by atoms with Gasteiger partial charge in [-0.05, 0) is 17.7 Å². The second-order valence-corrected chi connectivity index (χ2v) is 4.75. The molecule has 2 N–H and O–H groups in total. The van der Waals surface area contributed by atoms with Crippen LogP contribution in [0.1, 0.15) is 51.0 Å². The Kier molecular flexibility index (Phi) is 12.8. The van der Waals surface area contributed by atoms with Gasteiger partial charge in [0, 0.05) is 19.2 Å². The van der Waals surface area contributed by atoms with Gasteiger partial charge in [0.25, 0.3) is 11.8 Å². The second-order valence-electron chi connectivity index (χ2n) is 4.75. The van der Waals surface area contributed by atoms with Crippen molar-refractivity contribution in [3.63, 3.8) is 0 Å². The summed E-state index contributed by atoms with van der Waals surface area (Å²) in [4.78, 5) is 34.0. The fourth-order valence-corrected chi connectivity index (χ4v) is 2.09. The van der Waals surface area contributed by atoms with E-state index < -0.39 is 18.0 Å². The third kappa shape index (κ3) is 7.02. The number of carbonyl (C=O) groups excluding carboxylic acids is 3. The number of hydrogen-bond acceptors (Lipinski definition) is 4. The molecule has 1 saturated heterocycles. The Labute approximate surface area is 162 Å². The van der Waals surface area contributed by atoms with E-state index in [9.17, 15) is 14.4 Å². The van der Waals surface area contributed by atoms with Crippen molar-refractivity contribution in [1.29, 1.82) is 0 Å². The van der Waals surface area contributed by atoms with Crippen LogP contribution in [0.2, 0.25) is 0 Å². The van der Waals surface area contributed by atoms with Crippen LogP contribution < -0.4 is 15.4 Å². The topological polar surface area (TPSA) is 87.7 Å². The molecule has 0 radical (unpaired) electrons. The van der Waals surface area contributed by atoms with Gasteiger partial charge in [-0.1, -0.05) is 47.1 Å². The quantitative estimate of drug-likeness (QED) is 0.582. The highest BCUT2D eigenvalue weighted by atomic mass is 16.5. The van der Waals surface area contributed by atoms with Crippen molar-refractivity contribution in [2.75, 3.05) is 14.2 Å². The lowest BCUT2D eigenvalue weighted by atomic mass is 10.1. The van der Waals surface area contributed by atoms with Gasteiger partial charge < -0.3 is 15.0 Å². The molecule has 2 heterocycles. The Morgan fingerprint density at radius 2 is 1.78 bits per heavy atom. The zero-order chi connectivity index (χ0) is 20.3. The monoisotopic (exact) mass is 377 g/mol. The van der Waals surface area contributed by atoms with Crippen molar-refractivity contribution >= 4 is 17.8 Å². The summed E-state index contributed by atoms with van der Waals surface area (Å²) >= 11 is 0. The van der Waals surface area contributed by atoms with E-state index in [-0.39, 0.29) is 13.3 Å². The maximum Gasteiger partial charge on any atom is 0.322 e. The third-order valence-corrected chi connectivity index (χ3v) is 3.24. The summed E-state index contributed by atoms with van der Waals surface area (Å²) in [6, 6.07) is 4.31. The molecule has 27 heavy (non-hydrogen) atoms. The van der Waals surface area contributed by atoms with Crippen LogP contribution in [0.4, 0.5) is 4.79 Å². The first kappa shape index (κ1) is 26.2. The van der Waals surface area contributed by atoms with Crippen LogP contribution in [0.5, 0.6) is 5.75 Å². The van der Waals surface area contributed by atoms with E-state index >= 15 is 0 Å². The van der Waals surface area contributed by atoms with Crippen LogP contribution >= 0.6 is 0 Å². The lowest BCUT2D eigenvalue weighted by Gasteiger charge is -2.04. The van der Waals surface area contributed by atoms with Crippen molar-refractivity contribution < 1.29 is 19.1 Å². The smallest absolute Gasteiger partial charge is 0.322 e. The summed E-state index contributed by atoms with van der Waals surface area (Å²) < 4.78 is 5.05. The number of benzene rings is 1. The molecule has 7 nitrogen and oxygen atoms in total. The molecule has 1 aromatic carbocycles. The van der Waals surface area contributed by atoms with Gasteiger partial charge in [-0.25, -0.2) is 4.79 Å². The van der Waals surface area contributed by atoms with Gasteiger partial charge in [-0.2, -0.15) is 0 Å². The molecule has 1 atom stereocenters. The maximum absolute atomic E-state index is 11.5. The van der Waals surface area contributed by atoms with Gasteiger partial charge in [-0.3, -0.25) is 14.9 Å². The minimum absolute atomic E-state index is 0. The molecule has 0 aromatic heterocycles. The molecule has 1 unspecified atom stereocenters. The predicted molar refractivity (Wildman–Crippen MR) is 108 cm³/mol. The minimum atomic E-state index is -0.780. The number of carbonyl (C=O) groups is 3. The van der Waals surface area contributed by atoms with E-state index in [2.05, 4.69) is 11.2 Å². The van der Waals surface area contributed by atoms with Crippen molar-refractivity contribution in [1.82, 2.24) is 15.5 Å². The average molecular weight is 377 g/mol. The van der Waals surface area contributed by atoms with Gasteiger partial charge in [0.2, 0.25) is 0 Å². The van der Waals surface area contributed by atoms with Crippen molar-refractivity contribution in [3.8, 4) is 18.1 Å². The van der Waals surface area contributed by atoms with Crippen LogP contribution in [-0.4, -0.2) is 42.9 Å². The number of nitrogens with zero attached hydrogens (tertiary/aromatic N) is 1. The van der Waals surface area contributed by atoms with E-state index in [1.165, 1.54) is 0 Å². The first-order valence-corrected chi connectivity index (χ1v) is 8.46. The fraction of sp³-hybridized carbons (Fsp3) is 0.450. The lowest BCUT2D eigenvalue weighted by molar-refractivity contribution is -0.119. The van der Waals surface area contributed by atoms with Gasteiger partial charge >= 0.3 is 6.03 Å². The fourth-order valence-electron chi connectivity index (χ4n) is 2.09. The number of methoxy groups -OCH3 is 1. The molecule has 2 aliphatic rings. The number of nitrogens with one attached hydrogen (secondary N) is 2. The third-order valence-electron chi connectivity index (χ3n) is 3.24. The van der Waals surface area contributed by atoms with E-state index in [0.29, 0.717) is 6.54 Å². The summed E-state index contributed by atoms with van der Waals surface area (Å²) in [7, 11) is 3.40. The highest BCUT2D eigenvalue weighted by molar-refractivity contribution is 6.05. The molecule has 4 amide bonds. The molecule has 0 aliphatic carbocycles. The molecule has 150 valence electrons. The summed E-state index contributed by atoms with van der Waals surface area (Å²) in [5.74, 6) is 2.46. The zero-order valence-corrected chi connectivity index (χ0v) is 16.2. The Morgan fingerprint density at radius 1 is 1.19 bits per heavy atom. The van der Waals surface area contributed by atoms with Crippen molar-refractivity contribution in [3.05, 3.63) is 29.3 Å². The molecular formula is C20H31N3O4. The van der Waals surface area contributed by atoms with Crippen LogP contribution in [0.25, 0.3) is 0 Å². The summed E-state index contributed by atoms with van der Waals surface area (Å²) in [6.45, 7) is 8.71. The zero-order valence-electron chi connectivity index (χ0n) is 16.2. The maximum atomic E-state index is 11.5. The molecule has 3 rings (SSSR count). The second kappa shape index (κ2) is 13.2. The first-order chi connectivity index (χ1) is 12.5. The normalized spacial score (nSPS) is 15.7. The number of rotatable bonds is 1. The van der Waals surface area contributed by atoms with E-state index in [1.807, 2.05) is 45.1 Å². The Bertz CT molecular complexity index is 680. The molecule has 0 spiro atoms. The number of fused-ring (bicyclic) bond motifs is 1. The number of amides is 4. The average Bonchev–Trinajstić information content (AvgIpc) is 3.16. The predicted octanol–water partition coefficient (Wildman–Crippen LogP) is 2.80. The lowest BCUT2D eigenvalue weighted by Crippen LogP contribution is -2.26. The minimum Gasteiger partial charge on any atom is -0.497 e. The summed E-state index contributed by atoms with van der Waals surface area (Å²) in [5.41, 5.74) is 1.84. The van der Waals surface area contributed by atoms with Crippen LogP contribution in [-0.2, 0) is 11.3 Å². The molecule has 0 saturated carbocycles. The molecular weight excluding hydrogens is 346 g/mol. The standard InChI is InChI=1S/C10H11NO2.C5H4N2O2.2C2H6.CH4/c1-11-6-7-3-4-8(13-2)5-9(7)10(11)12;1-2-3-4(8)7-5(9)6-3;2*1-2;/h3-5H,6H2,1-2H3;1,3H,(H2,6,7,8,9);2*1-2H3;1H4. The summed E-state index contributed by atoms with van der Waals surface area (Å²) in [6.07, 6.45) is 4.86. The van der Waals surface area contributed by atoms with E-state index in [0.717, 1.165) is 16.9 Å². The van der Waals surface area contributed by atoms with E-state index in [1.54, 1.807) is 25.1 Å². The number of terminal acetylenes is 1. The number of hydrogen-bond donors (Lipinski definition) is 2. The number of urea groups is 1. The van der Waals surface area contributed by atoms with Crippen LogP contribution in [0.3, 0.4) is 0 Å². The summed E-state index contributed by atoms with van der Waals surface area (Å²) in [5, 5.41) is 4.20. The molecule has 2 aliphatic heterocycles. The molecule has 1 fully saturated rings. The Balaban J connectivity index is 0. The number of imide groups is 1. The van der Waals surface area contributed by atoms with Crippen LogP contribution in [0, 0.1) is 12.3 Å². The largest absolute Gasteiger partial charge is 0.497 e. The van der Waals surface area contributed by atoms with Gasteiger partial charge in [-0.15, -0.1) is 6.42 Å². The number of ether oxygens (including phenoxy) is 1. The van der Waals surface area contributed by atoms with Gasteiger partial charge in [0.05, 0.1) is 7.11 Å². The van der Waals surface area contributed by atoms with Crippen molar-refractivity contribution in [2.45, 2.75) is 47.7 Å². The first-order valence-electron chi connectivity index (χ1n) is 8.46. The van der Waals surface area contributed by atoms with Crippen molar-refractivity contribution in [2.24, 2.45) is 0 Å². The van der Waals surface area contributed by atoms with Crippen LogP contribution in [0.15, 0.2) is 18.2 Å². The Hall–Kier alpha value is -3.01. The van der Waals surface area contributed by atoms with Gasteiger partial charge in [0.1, 0.15) is 5.75 Å². The molecule has 7 heteroatoms. The Morgan fingerprint density at radius 3 is 2.19 bits per heavy atom.